The normalized spacial score (nSPS) is 16.4. The first-order chi connectivity index (χ1) is 13.6. The maximum absolute atomic E-state index is 12.2. The summed E-state index contributed by atoms with van der Waals surface area (Å²) in [5.41, 5.74) is 5.78. The van der Waals surface area contributed by atoms with E-state index >= 15 is 0 Å². The fourth-order valence-electron chi connectivity index (χ4n) is 3.44. The SMILES string of the molecule is C/C(=N/NC(=O)COc1cccc(C)c1)[C@@H](c1ccccc1)[NH+]1CCOCC1. The number of benzene rings is 2. The van der Waals surface area contributed by atoms with Crippen LogP contribution in [0.4, 0.5) is 0 Å². The highest BCUT2D eigenvalue weighted by Gasteiger charge is 2.29. The highest BCUT2D eigenvalue weighted by Crippen LogP contribution is 2.13. The average molecular weight is 382 g/mol. The highest BCUT2D eigenvalue weighted by atomic mass is 16.5. The van der Waals surface area contributed by atoms with E-state index < -0.39 is 0 Å². The monoisotopic (exact) mass is 382 g/mol. The van der Waals surface area contributed by atoms with E-state index in [1.807, 2.05) is 56.3 Å². The minimum atomic E-state index is -0.273. The van der Waals surface area contributed by atoms with Crippen LogP contribution < -0.4 is 15.1 Å². The Kier molecular flexibility index (Phi) is 7.17. The van der Waals surface area contributed by atoms with Crippen LogP contribution >= 0.6 is 0 Å². The van der Waals surface area contributed by atoms with E-state index in [-0.39, 0.29) is 18.6 Å². The minimum absolute atomic E-state index is 0.0688. The topological polar surface area (TPSA) is 64.4 Å². The summed E-state index contributed by atoms with van der Waals surface area (Å²) < 4.78 is 11.0. The molecule has 1 amide bonds. The van der Waals surface area contributed by atoms with Crippen molar-refractivity contribution in [2.45, 2.75) is 19.9 Å². The van der Waals surface area contributed by atoms with Gasteiger partial charge in [0, 0.05) is 5.56 Å². The van der Waals surface area contributed by atoms with Gasteiger partial charge in [0.1, 0.15) is 18.8 Å². The molecule has 2 N–H and O–H groups in total. The Balaban J connectivity index is 1.63. The number of carbonyl (C=O) groups is 1. The molecule has 1 saturated heterocycles. The second-order valence-corrected chi connectivity index (χ2v) is 7.01. The van der Waals surface area contributed by atoms with E-state index in [0.29, 0.717) is 5.75 Å². The van der Waals surface area contributed by atoms with Crippen LogP contribution in [0.1, 0.15) is 24.1 Å². The van der Waals surface area contributed by atoms with Gasteiger partial charge in [-0.25, -0.2) is 5.43 Å². The number of nitrogens with zero attached hydrogens (tertiary/aromatic N) is 1. The predicted molar refractivity (Wildman–Crippen MR) is 109 cm³/mol. The zero-order valence-electron chi connectivity index (χ0n) is 16.5. The molecule has 0 aromatic heterocycles. The Morgan fingerprint density at radius 2 is 1.93 bits per heavy atom. The summed E-state index contributed by atoms with van der Waals surface area (Å²) in [6.45, 7) is 7.18. The Morgan fingerprint density at radius 3 is 2.64 bits per heavy atom. The molecular formula is C22H28N3O3+. The molecule has 28 heavy (non-hydrogen) atoms. The number of aryl methyl sites for hydroxylation is 1. The molecule has 1 heterocycles. The van der Waals surface area contributed by atoms with Crippen LogP contribution in [0.25, 0.3) is 0 Å². The van der Waals surface area contributed by atoms with Crippen molar-refractivity contribution in [1.29, 1.82) is 0 Å². The zero-order chi connectivity index (χ0) is 19.8. The molecule has 2 aromatic carbocycles. The maximum atomic E-state index is 12.2. The quantitative estimate of drug-likeness (QED) is 0.564. The molecule has 0 spiro atoms. The molecule has 2 aromatic rings. The van der Waals surface area contributed by atoms with Gasteiger partial charge in [-0.2, -0.15) is 5.10 Å². The lowest BCUT2D eigenvalue weighted by molar-refractivity contribution is -0.928. The minimum Gasteiger partial charge on any atom is -0.484 e. The first kappa shape index (κ1) is 20.0. The summed E-state index contributed by atoms with van der Waals surface area (Å²) >= 11 is 0. The number of hydrazone groups is 1. The number of rotatable bonds is 7. The van der Waals surface area contributed by atoms with E-state index in [1.54, 1.807) is 0 Å². The number of quaternary nitrogens is 1. The predicted octanol–water partition coefficient (Wildman–Crippen LogP) is 1.52. The highest BCUT2D eigenvalue weighted by molar-refractivity contribution is 5.88. The van der Waals surface area contributed by atoms with Gasteiger partial charge in [-0.1, -0.05) is 42.5 Å². The second kappa shape index (κ2) is 10.0. The molecule has 6 heteroatoms. The van der Waals surface area contributed by atoms with Crippen molar-refractivity contribution in [2.75, 3.05) is 32.9 Å². The van der Waals surface area contributed by atoms with Crippen molar-refractivity contribution in [3.05, 3.63) is 65.7 Å². The van der Waals surface area contributed by atoms with Crippen molar-refractivity contribution in [2.24, 2.45) is 5.10 Å². The summed E-state index contributed by atoms with van der Waals surface area (Å²) in [6.07, 6.45) is 0. The summed E-state index contributed by atoms with van der Waals surface area (Å²) in [5, 5.41) is 4.38. The van der Waals surface area contributed by atoms with Crippen molar-refractivity contribution in [3.63, 3.8) is 0 Å². The Bertz CT molecular complexity index is 802. The summed E-state index contributed by atoms with van der Waals surface area (Å²) in [6, 6.07) is 18.0. The van der Waals surface area contributed by atoms with Crippen LogP contribution in [0.2, 0.25) is 0 Å². The fourth-order valence-corrected chi connectivity index (χ4v) is 3.44. The molecule has 0 radical (unpaired) electrons. The molecule has 1 fully saturated rings. The van der Waals surface area contributed by atoms with E-state index in [2.05, 4.69) is 22.7 Å². The molecule has 3 rings (SSSR count). The summed E-state index contributed by atoms with van der Waals surface area (Å²) in [5.74, 6) is 0.403. The third kappa shape index (κ3) is 5.65. The lowest BCUT2D eigenvalue weighted by Crippen LogP contribution is -3.15. The molecule has 1 aliphatic heterocycles. The molecular weight excluding hydrogens is 354 g/mol. The van der Waals surface area contributed by atoms with Gasteiger partial charge in [0.05, 0.1) is 18.9 Å². The van der Waals surface area contributed by atoms with Crippen LogP contribution in [0.15, 0.2) is 59.7 Å². The molecule has 6 nitrogen and oxygen atoms in total. The number of hydrogen-bond donors (Lipinski definition) is 2. The number of morpholine rings is 1. The van der Waals surface area contributed by atoms with Gasteiger partial charge >= 0.3 is 0 Å². The number of ether oxygens (including phenoxy) is 2. The van der Waals surface area contributed by atoms with E-state index in [1.165, 1.54) is 10.5 Å². The van der Waals surface area contributed by atoms with Crippen molar-refractivity contribution in [1.82, 2.24) is 5.43 Å². The lowest BCUT2D eigenvalue weighted by atomic mass is 10.0. The second-order valence-electron chi connectivity index (χ2n) is 7.01. The van der Waals surface area contributed by atoms with Crippen molar-refractivity contribution >= 4 is 11.6 Å². The third-order valence-corrected chi connectivity index (χ3v) is 4.81. The number of amides is 1. The van der Waals surface area contributed by atoms with Crippen LogP contribution in [0, 0.1) is 6.92 Å². The van der Waals surface area contributed by atoms with Gasteiger partial charge in [0.2, 0.25) is 0 Å². The number of hydrogen-bond acceptors (Lipinski definition) is 4. The molecule has 1 atom stereocenters. The standard InChI is InChI=1S/C22H27N3O3/c1-17-7-6-10-20(15-17)28-16-21(26)24-23-18(2)22(19-8-4-3-5-9-19)25-11-13-27-14-12-25/h3-10,15,22H,11-14,16H2,1-2H3,(H,24,26)/p+1/b23-18-/t22-/m0/s1. The van der Waals surface area contributed by atoms with Crippen LogP contribution in [0.3, 0.4) is 0 Å². The van der Waals surface area contributed by atoms with Gasteiger partial charge in [0.15, 0.2) is 12.6 Å². The van der Waals surface area contributed by atoms with Crippen molar-refractivity contribution < 1.29 is 19.2 Å². The molecule has 148 valence electrons. The van der Waals surface area contributed by atoms with E-state index in [4.69, 9.17) is 9.47 Å². The zero-order valence-corrected chi connectivity index (χ0v) is 16.5. The number of carbonyl (C=O) groups excluding carboxylic acids is 1. The molecule has 0 aliphatic carbocycles. The largest absolute Gasteiger partial charge is 0.484 e. The smallest absolute Gasteiger partial charge is 0.277 e. The van der Waals surface area contributed by atoms with Gasteiger partial charge in [-0.15, -0.1) is 0 Å². The van der Waals surface area contributed by atoms with E-state index in [9.17, 15) is 4.79 Å². The van der Waals surface area contributed by atoms with Gasteiger partial charge < -0.3 is 14.4 Å². The molecule has 0 saturated carbocycles. The third-order valence-electron chi connectivity index (χ3n) is 4.81. The fraction of sp³-hybridized carbons (Fsp3) is 0.364. The Labute approximate surface area is 166 Å². The molecule has 1 aliphatic rings. The van der Waals surface area contributed by atoms with Gasteiger partial charge in [0.25, 0.3) is 5.91 Å². The number of nitrogens with one attached hydrogen (secondary N) is 2. The average Bonchev–Trinajstić information content (AvgIpc) is 2.72. The Hall–Kier alpha value is -2.70. The van der Waals surface area contributed by atoms with E-state index in [0.717, 1.165) is 37.6 Å². The van der Waals surface area contributed by atoms with Crippen LogP contribution in [-0.2, 0) is 9.53 Å². The van der Waals surface area contributed by atoms with Crippen molar-refractivity contribution in [3.8, 4) is 5.75 Å². The maximum Gasteiger partial charge on any atom is 0.277 e. The summed E-state index contributed by atoms with van der Waals surface area (Å²) in [7, 11) is 0. The summed E-state index contributed by atoms with van der Waals surface area (Å²) in [4.78, 5) is 13.6. The van der Waals surface area contributed by atoms with Crippen LogP contribution in [-0.4, -0.2) is 44.5 Å². The Morgan fingerprint density at radius 1 is 1.18 bits per heavy atom. The van der Waals surface area contributed by atoms with Gasteiger partial charge in [-0.3, -0.25) is 4.79 Å². The lowest BCUT2D eigenvalue weighted by Gasteiger charge is -2.31. The molecule has 0 bridgehead atoms. The van der Waals surface area contributed by atoms with Crippen LogP contribution in [0.5, 0.6) is 5.75 Å². The molecule has 0 unspecified atom stereocenters. The first-order valence-electron chi connectivity index (χ1n) is 9.63. The van der Waals surface area contributed by atoms with Gasteiger partial charge in [-0.05, 0) is 31.5 Å². The first-order valence-corrected chi connectivity index (χ1v) is 9.63.